The van der Waals surface area contributed by atoms with E-state index in [9.17, 15) is 4.79 Å². The topological polar surface area (TPSA) is 32.3 Å². The lowest BCUT2D eigenvalue weighted by molar-refractivity contribution is -0.110. The summed E-state index contributed by atoms with van der Waals surface area (Å²) >= 11 is 0. The lowest BCUT2D eigenvalue weighted by Gasteiger charge is -2.21. The van der Waals surface area contributed by atoms with Crippen molar-refractivity contribution in [3.05, 3.63) is 65.4 Å². The number of carbonyl (C=O) groups excluding carboxylic acids is 1. The summed E-state index contributed by atoms with van der Waals surface area (Å²) in [6.45, 7) is 4.25. The number of fused-ring (bicyclic) bond motifs is 2. The fourth-order valence-corrected chi connectivity index (χ4v) is 3.36. The van der Waals surface area contributed by atoms with E-state index in [2.05, 4.69) is 54.4 Å². The average molecular weight is 290 g/mol. The van der Waals surface area contributed by atoms with E-state index in [1.165, 1.54) is 11.3 Å². The highest BCUT2D eigenvalue weighted by Crippen LogP contribution is 2.37. The molecule has 0 saturated heterocycles. The molecule has 4 rings (SSSR count). The first-order chi connectivity index (χ1) is 10.6. The van der Waals surface area contributed by atoms with Gasteiger partial charge in [-0.05, 0) is 44.0 Å². The molecule has 3 nitrogen and oxygen atoms in total. The lowest BCUT2D eigenvalue weighted by Crippen LogP contribution is -2.24. The first-order valence-corrected chi connectivity index (χ1v) is 7.64. The number of anilines is 2. The second-order valence-corrected chi connectivity index (χ2v) is 6.14. The molecule has 2 aliphatic rings. The fraction of sp³-hybridized carbons (Fsp3) is 0.211. The Morgan fingerprint density at radius 1 is 1.23 bits per heavy atom. The molecule has 2 aliphatic heterocycles. The number of amides is 1. The molecule has 110 valence electrons. The summed E-state index contributed by atoms with van der Waals surface area (Å²) in [6, 6.07) is 14.9. The molecule has 0 spiro atoms. The second-order valence-electron chi connectivity index (χ2n) is 6.14. The van der Waals surface area contributed by atoms with Crippen LogP contribution in [0.25, 0.3) is 5.57 Å². The molecular weight excluding hydrogens is 272 g/mol. The highest BCUT2D eigenvalue weighted by molar-refractivity contribution is 6.31. The monoisotopic (exact) mass is 290 g/mol. The molecule has 0 radical (unpaired) electrons. The molecule has 1 N–H and O–H groups in total. The van der Waals surface area contributed by atoms with Crippen molar-refractivity contribution < 1.29 is 4.79 Å². The Labute approximate surface area is 130 Å². The third-order valence-electron chi connectivity index (χ3n) is 4.49. The van der Waals surface area contributed by atoms with E-state index >= 15 is 0 Å². The number of para-hydroxylation sites is 1. The van der Waals surface area contributed by atoms with E-state index in [-0.39, 0.29) is 5.91 Å². The highest BCUT2D eigenvalue weighted by Gasteiger charge is 2.29. The van der Waals surface area contributed by atoms with Crippen molar-refractivity contribution in [1.29, 1.82) is 0 Å². The highest BCUT2D eigenvalue weighted by atomic mass is 16.2. The zero-order valence-corrected chi connectivity index (χ0v) is 12.8. The molecule has 22 heavy (non-hydrogen) atoms. The Morgan fingerprint density at radius 3 is 2.91 bits per heavy atom. The van der Waals surface area contributed by atoms with Crippen molar-refractivity contribution in [2.24, 2.45) is 0 Å². The molecular formula is C19H18N2O. The Kier molecular flexibility index (Phi) is 2.83. The normalized spacial score (nSPS) is 21.0. The quantitative estimate of drug-likeness (QED) is 0.811. The molecule has 2 heterocycles. The van der Waals surface area contributed by atoms with Gasteiger partial charge in [0.1, 0.15) is 0 Å². The molecule has 1 amide bonds. The molecule has 2 aromatic rings. The molecule has 3 heteroatoms. The summed E-state index contributed by atoms with van der Waals surface area (Å²) in [6.07, 6.45) is 3.03. The number of aryl methyl sites for hydroxylation is 1. The predicted octanol–water partition coefficient (Wildman–Crippen LogP) is 3.74. The molecule has 0 aromatic heterocycles. The van der Waals surface area contributed by atoms with E-state index in [0.29, 0.717) is 6.04 Å². The maximum atomic E-state index is 12.3. The Morgan fingerprint density at radius 2 is 2.05 bits per heavy atom. The van der Waals surface area contributed by atoms with Gasteiger partial charge in [0.05, 0.1) is 5.57 Å². The molecule has 0 aliphatic carbocycles. The van der Waals surface area contributed by atoms with Gasteiger partial charge in [-0.25, -0.2) is 0 Å². The number of hydrogen-bond acceptors (Lipinski definition) is 2. The van der Waals surface area contributed by atoms with Crippen LogP contribution in [0.2, 0.25) is 0 Å². The maximum Gasteiger partial charge on any atom is 0.257 e. The molecule has 0 saturated carbocycles. The Balaban J connectivity index is 1.81. The van der Waals surface area contributed by atoms with Crippen LogP contribution < -0.4 is 10.2 Å². The number of nitrogens with zero attached hydrogens (tertiary/aromatic N) is 1. The van der Waals surface area contributed by atoms with E-state index < -0.39 is 0 Å². The van der Waals surface area contributed by atoms with E-state index in [4.69, 9.17) is 0 Å². The standard InChI is InChI=1S/C19H18N2O/c1-12-7-8-17-15(9-12)16(19(22)20-17)11-21-13(2)10-14-5-3-4-6-18(14)21/h3-9,11,13H,10H2,1-2H3,(H,20,22)/b16-11+. The van der Waals surface area contributed by atoms with Crippen molar-refractivity contribution in [2.75, 3.05) is 10.2 Å². The van der Waals surface area contributed by atoms with Gasteiger partial charge in [0.25, 0.3) is 5.91 Å². The van der Waals surface area contributed by atoms with E-state index in [1.54, 1.807) is 0 Å². The minimum atomic E-state index is -0.0165. The summed E-state index contributed by atoms with van der Waals surface area (Å²) in [7, 11) is 0. The van der Waals surface area contributed by atoms with Crippen LogP contribution in [-0.4, -0.2) is 11.9 Å². The second kappa shape index (κ2) is 4.73. The number of rotatable bonds is 1. The zero-order chi connectivity index (χ0) is 15.3. The summed E-state index contributed by atoms with van der Waals surface area (Å²) in [5, 5.41) is 2.95. The Hall–Kier alpha value is -2.55. The molecule has 0 bridgehead atoms. The zero-order valence-electron chi connectivity index (χ0n) is 12.8. The third-order valence-corrected chi connectivity index (χ3v) is 4.49. The molecule has 1 unspecified atom stereocenters. The number of benzene rings is 2. The van der Waals surface area contributed by atoms with Gasteiger partial charge >= 0.3 is 0 Å². The maximum absolute atomic E-state index is 12.3. The molecule has 1 atom stereocenters. The van der Waals surface area contributed by atoms with Crippen molar-refractivity contribution in [3.8, 4) is 0 Å². The van der Waals surface area contributed by atoms with Crippen molar-refractivity contribution in [1.82, 2.24) is 0 Å². The van der Waals surface area contributed by atoms with Gasteiger partial charge in [-0.1, -0.05) is 29.8 Å². The van der Waals surface area contributed by atoms with Crippen LogP contribution in [0.5, 0.6) is 0 Å². The largest absolute Gasteiger partial charge is 0.344 e. The van der Waals surface area contributed by atoms with Gasteiger partial charge < -0.3 is 10.2 Å². The minimum absolute atomic E-state index is 0.0165. The number of nitrogens with one attached hydrogen (secondary N) is 1. The van der Waals surface area contributed by atoms with Gasteiger partial charge in [0, 0.05) is 29.2 Å². The van der Waals surface area contributed by atoms with E-state index in [1.807, 2.05) is 18.3 Å². The van der Waals surface area contributed by atoms with Crippen LogP contribution in [0.4, 0.5) is 11.4 Å². The van der Waals surface area contributed by atoms with Gasteiger partial charge in [0.2, 0.25) is 0 Å². The van der Waals surface area contributed by atoms with E-state index in [0.717, 1.165) is 28.8 Å². The summed E-state index contributed by atoms with van der Waals surface area (Å²) in [5.74, 6) is -0.0165. The number of hydrogen-bond donors (Lipinski definition) is 1. The Bertz CT molecular complexity index is 807. The van der Waals surface area contributed by atoms with Crippen LogP contribution in [0.3, 0.4) is 0 Å². The average Bonchev–Trinajstić information content (AvgIpc) is 2.98. The van der Waals surface area contributed by atoms with Crippen molar-refractivity contribution in [2.45, 2.75) is 26.3 Å². The summed E-state index contributed by atoms with van der Waals surface area (Å²) in [5.41, 5.74) is 6.37. The smallest absolute Gasteiger partial charge is 0.257 e. The van der Waals surface area contributed by atoms with Gasteiger partial charge in [-0.2, -0.15) is 0 Å². The van der Waals surface area contributed by atoms with Gasteiger partial charge in [0.15, 0.2) is 0 Å². The van der Waals surface area contributed by atoms with Crippen molar-refractivity contribution >= 4 is 22.9 Å². The fourth-order valence-electron chi connectivity index (χ4n) is 3.36. The minimum Gasteiger partial charge on any atom is -0.344 e. The summed E-state index contributed by atoms with van der Waals surface area (Å²) in [4.78, 5) is 14.6. The van der Waals surface area contributed by atoms with Crippen LogP contribution in [0.15, 0.2) is 48.7 Å². The number of carbonyl (C=O) groups is 1. The van der Waals surface area contributed by atoms with Crippen LogP contribution in [-0.2, 0) is 11.2 Å². The van der Waals surface area contributed by atoms with Gasteiger partial charge in [-0.3, -0.25) is 4.79 Å². The lowest BCUT2D eigenvalue weighted by atomic mass is 10.1. The molecule has 0 fully saturated rings. The third kappa shape index (κ3) is 1.93. The first-order valence-electron chi connectivity index (χ1n) is 7.64. The van der Waals surface area contributed by atoms with Crippen molar-refractivity contribution in [3.63, 3.8) is 0 Å². The first kappa shape index (κ1) is 13.1. The van der Waals surface area contributed by atoms with Crippen LogP contribution in [0, 0.1) is 6.92 Å². The summed E-state index contributed by atoms with van der Waals surface area (Å²) < 4.78 is 0. The van der Waals surface area contributed by atoms with Crippen LogP contribution in [0.1, 0.15) is 23.6 Å². The SMILES string of the molecule is Cc1ccc2c(c1)/C(=C\N1c3ccccc3CC1C)C(=O)N2. The molecule has 2 aromatic carbocycles. The van der Waals surface area contributed by atoms with Gasteiger partial charge in [-0.15, -0.1) is 0 Å². The van der Waals surface area contributed by atoms with Crippen LogP contribution >= 0.6 is 0 Å². The predicted molar refractivity (Wildman–Crippen MR) is 89.9 cm³/mol.